The fourth-order valence-electron chi connectivity index (χ4n) is 3.54. The van der Waals surface area contributed by atoms with E-state index in [4.69, 9.17) is 5.26 Å². The second-order valence-corrected chi connectivity index (χ2v) is 5.23. The van der Waals surface area contributed by atoms with Crippen molar-refractivity contribution in [2.24, 2.45) is 5.92 Å². The van der Waals surface area contributed by atoms with Gasteiger partial charge in [0.05, 0.1) is 6.07 Å². The smallest absolute Gasteiger partial charge is 0.106 e. The first-order valence-electron chi connectivity index (χ1n) is 6.61. The van der Waals surface area contributed by atoms with Crippen molar-refractivity contribution in [1.29, 1.82) is 5.26 Å². The Labute approximate surface area is 103 Å². The summed E-state index contributed by atoms with van der Waals surface area (Å²) in [6.07, 6.45) is 6.50. The summed E-state index contributed by atoms with van der Waals surface area (Å²) in [5.74, 6) is 0.770. The lowest BCUT2D eigenvalue weighted by Gasteiger charge is -2.45. The summed E-state index contributed by atoms with van der Waals surface area (Å²) < 4.78 is 0. The standard InChI is InChI=1S/C15H18N2/c16-9-10-17-14-7-3-1-5-12(14)11-13-6-2-4-8-15(13)17/h1,3,5,7,13,15H,2,4,6,8,10-11H2/t13-,15-/m1/s1. The highest BCUT2D eigenvalue weighted by atomic mass is 15.2. The zero-order valence-electron chi connectivity index (χ0n) is 10.1. The molecule has 1 aliphatic carbocycles. The Kier molecular flexibility index (Phi) is 2.76. The van der Waals surface area contributed by atoms with Gasteiger partial charge in [0.25, 0.3) is 0 Å². The summed E-state index contributed by atoms with van der Waals surface area (Å²) in [4.78, 5) is 2.35. The molecule has 1 aromatic rings. The monoisotopic (exact) mass is 226 g/mol. The van der Waals surface area contributed by atoms with Crippen LogP contribution in [0.25, 0.3) is 0 Å². The molecule has 1 saturated carbocycles. The fraction of sp³-hybridized carbons (Fsp3) is 0.533. The van der Waals surface area contributed by atoms with Crippen molar-refractivity contribution in [2.75, 3.05) is 11.4 Å². The molecule has 0 spiro atoms. The molecule has 1 aromatic carbocycles. The molecule has 1 aliphatic heterocycles. The number of hydrogen-bond acceptors (Lipinski definition) is 2. The predicted octanol–water partition coefficient (Wildman–Crippen LogP) is 3.13. The Morgan fingerprint density at radius 1 is 1.24 bits per heavy atom. The minimum atomic E-state index is 0.540. The van der Waals surface area contributed by atoms with Gasteiger partial charge in [-0.3, -0.25) is 0 Å². The van der Waals surface area contributed by atoms with E-state index >= 15 is 0 Å². The number of nitriles is 1. The SMILES string of the molecule is N#CCN1c2ccccc2C[C@H]2CCCC[C@H]21. The topological polar surface area (TPSA) is 27.0 Å². The number of benzene rings is 1. The van der Waals surface area contributed by atoms with Crippen LogP contribution in [0.3, 0.4) is 0 Å². The maximum atomic E-state index is 9.04. The number of nitrogens with zero attached hydrogens (tertiary/aromatic N) is 2. The second kappa shape index (κ2) is 4.41. The number of anilines is 1. The first kappa shape index (κ1) is 10.7. The van der Waals surface area contributed by atoms with Crippen molar-refractivity contribution in [3.05, 3.63) is 29.8 Å². The Bertz CT molecular complexity index is 446. The van der Waals surface area contributed by atoms with Crippen LogP contribution in [0.2, 0.25) is 0 Å². The van der Waals surface area contributed by atoms with Crippen molar-refractivity contribution >= 4 is 5.69 Å². The number of fused-ring (bicyclic) bond motifs is 2. The molecule has 0 unspecified atom stereocenters. The molecule has 2 aliphatic rings. The van der Waals surface area contributed by atoms with Crippen LogP contribution in [0, 0.1) is 17.2 Å². The lowest BCUT2D eigenvalue weighted by molar-refractivity contribution is 0.283. The summed E-state index contributed by atoms with van der Waals surface area (Å²) in [6.45, 7) is 0.540. The number of rotatable bonds is 1. The van der Waals surface area contributed by atoms with E-state index in [9.17, 15) is 0 Å². The molecule has 0 saturated heterocycles. The maximum Gasteiger partial charge on any atom is 0.106 e. The zero-order valence-corrected chi connectivity index (χ0v) is 10.1. The molecule has 2 heteroatoms. The van der Waals surface area contributed by atoms with E-state index in [1.807, 2.05) is 0 Å². The molecule has 2 nitrogen and oxygen atoms in total. The molecule has 0 radical (unpaired) electrons. The average molecular weight is 226 g/mol. The molecular formula is C15H18N2. The van der Waals surface area contributed by atoms with Gasteiger partial charge in [-0.1, -0.05) is 31.0 Å². The third kappa shape index (κ3) is 1.80. The van der Waals surface area contributed by atoms with Crippen LogP contribution in [-0.2, 0) is 6.42 Å². The first-order chi connectivity index (χ1) is 8.40. The van der Waals surface area contributed by atoms with Crippen molar-refractivity contribution in [2.45, 2.75) is 38.1 Å². The predicted molar refractivity (Wildman–Crippen MR) is 68.9 cm³/mol. The zero-order chi connectivity index (χ0) is 11.7. The summed E-state index contributed by atoms with van der Waals surface area (Å²) in [5.41, 5.74) is 2.74. The second-order valence-electron chi connectivity index (χ2n) is 5.23. The third-order valence-electron chi connectivity index (χ3n) is 4.29. The number of para-hydroxylation sites is 1. The van der Waals surface area contributed by atoms with Crippen LogP contribution in [0.4, 0.5) is 5.69 Å². The van der Waals surface area contributed by atoms with Crippen molar-refractivity contribution in [1.82, 2.24) is 0 Å². The van der Waals surface area contributed by atoms with Gasteiger partial charge >= 0.3 is 0 Å². The van der Waals surface area contributed by atoms with Gasteiger partial charge in [-0.15, -0.1) is 0 Å². The van der Waals surface area contributed by atoms with Gasteiger partial charge < -0.3 is 4.90 Å². The summed E-state index contributed by atoms with van der Waals surface area (Å²) in [6, 6.07) is 11.6. The third-order valence-corrected chi connectivity index (χ3v) is 4.29. The lowest BCUT2D eigenvalue weighted by atomic mass is 9.76. The van der Waals surface area contributed by atoms with Gasteiger partial charge in [0.15, 0.2) is 0 Å². The van der Waals surface area contributed by atoms with Crippen LogP contribution in [-0.4, -0.2) is 12.6 Å². The van der Waals surface area contributed by atoms with Crippen LogP contribution in [0.15, 0.2) is 24.3 Å². The van der Waals surface area contributed by atoms with E-state index in [1.54, 1.807) is 0 Å². The summed E-state index contributed by atoms with van der Waals surface area (Å²) in [7, 11) is 0. The molecule has 0 aromatic heterocycles. The summed E-state index contributed by atoms with van der Waals surface area (Å²) in [5, 5.41) is 9.04. The molecular weight excluding hydrogens is 208 g/mol. The lowest BCUT2D eigenvalue weighted by Crippen LogP contribution is -2.47. The van der Waals surface area contributed by atoms with Crippen molar-refractivity contribution in [3.8, 4) is 6.07 Å². The molecule has 1 heterocycles. The van der Waals surface area contributed by atoms with Crippen LogP contribution in [0.1, 0.15) is 31.2 Å². The van der Waals surface area contributed by atoms with E-state index < -0.39 is 0 Å². The van der Waals surface area contributed by atoms with Crippen LogP contribution < -0.4 is 4.90 Å². The largest absolute Gasteiger partial charge is 0.355 e. The Hall–Kier alpha value is -1.49. The maximum absolute atomic E-state index is 9.04. The highest BCUT2D eigenvalue weighted by Crippen LogP contribution is 2.40. The van der Waals surface area contributed by atoms with Gasteiger partial charge in [-0.05, 0) is 36.8 Å². The molecule has 0 bridgehead atoms. The molecule has 0 N–H and O–H groups in total. The van der Waals surface area contributed by atoms with Crippen molar-refractivity contribution in [3.63, 3.8) is 0 Å². The molecule has 0 amide bonds. The minimum Gasteiger partial charge on any atom is -0.355 e. The Balaban J connectivity index is 1.99. The molecule has 1 fully saturated rings. The summed E-state index contributed by atoms with van der Waals surface area (Å²) >= 11 is 0. The van der Waals surface area contributed by atoms with Gasteiger partial charge in [0, 0.05) is 11.7 Å². The Morgan fingerprint density at radius 3 is 2.94 bits per heavy atom. The molecule has 17 heavy (non-hydrogen) atoms. The average Bonchev–Trinajstić information content (AvgIpc) is 2.39. The first-order valence-corrected chi connectivity index (χ1v) is 6.61. The minimum absolute atomic E-state index is 0.540. The van der Waals surface area contributed by atoms with Crippen LogP contribution >= 0.6 is 0 Å². The van der Waals surface area contributed by atoms with E-state index in [1.165, 1.54) is 43.4 Å². The van der Waals surface area contributed by atoms with Gasteiger partial charge in [0.2, 0.25) is 0 Å². The highest BCUT2D eigenvalue weighted by molar-refractivity contribution is 5.57. The van der Waals surface area contributed by atoms with Crippen LogP contribution in [0.5, 0.6) is 0 Å². The highest BCUT2D eigenvalue weighted by Gasteiger charge is 2.35. The van der Waals surface area contributed by atoms with E-state index in [0.29, 0.717) is 12.6 Å². The molecule has 88 valence electrons. The van der Waals surface area contributed by atoms with E-state index in [0.717, 1.165) is 5.92 Å². The van der Waals surface area contributed by atoms with Gasteiger partial charge in [-0.2, -0.15) is 5.26 Å². The van der Waals surface area contributed by atoms with Gasteiger partial charge in [-0.25, -0.2) is 0 Å². The van der Waals surface area contributed by atoms with E-state index in [2.05, 4.69) is 35.2 Å². The van der Waals surface area contributed by atoms with Gasteiger partial charge in [0.1, 0.15) is 6.54 Å². The number of hydrogen-bond donors (Lipinski definition) is 0. The quantitative estimate of drug-likeness (QED) is 0.688. The van der Waals surface area contributed by atoms with Crippen molar-refractivity contribution < 1.29 is 0 Å². The fourth-order valence-corrected chi connectivity index (χ4v) is 3.54. The molecule has 3 rings (SSSR count). The Morgan fingerprint density at radius 2 is 2.06 bits per heavy atom. The van der Waals surface area contributed by atoms with E-state index in [-0.39, 0.29) is 0 Å². The normalized spacial score (nSPS) is 26.9. The molecule has 2 atom stereocenters.